The Hall–Kier alpha value is -0.290. The minimum Gasteiger partial charge on any atom is -0.468 e. The van der Waals surface area contributed by atoms with Crippen LogP contribution in [-0.4, -0.2) is 24.5 Å². The first-order valence-corrected chi connectivity index (χ1v) is 6.58. The highest BCUT2D eigenvalue weighted by Crippen LogP contribution is 2.20. The van der Waals surface area contributed by atoms with Crippen molar-refractivity contribution in [3.63, 3.8) is 0 Å². The van der Waals surface area contributed by atoms with Crippen molar-refractivity contribution in [3.8, 4) is 0 Å². The van der Waals surface area contributed by atoms with Gasteiger partial charge in [-0.25, -0.2) is 0 Å². The second kappa shape index (κ2) is 7.21. The number of hydrogen-bond acceptors (Lipinski definition) is 3. The third-order valence-electron chi connectivity index (χ3n) is 2.11. The third-order valence-corrected chi connectivity index (χ3v) is 3.40. The zero-order valence-electron chi connectivity index (χ0n) is 9.17. The highest BCUT2D eigenvalue weighted by Gasteiger charge is 2.14. The molecule has 0 bridgehead atoms. The first-order chi connectivity index (χ1) is 8.04. The molecule has 1 aromatic carbocycles. The lowest BCUT2D eigenvalue weighted by atomic mass is 10.2. The van der Waals surface area contributed by atoms with Crippen molar-refractivity contribution < 1.29 is 9.53 Å². The SMILES string of the molecule is COC(=O)C(Br)CNCc1ccc(Cl)cc1Cl. The summed E-state index contributed by atoms with van der Waals surface area (Å²) in [5.74, 6) is -0.306. The third kappa shape index (κ3) is 4.84. The molecular weight excluding hydrogens is 329 g/mol. The van der Waals surface area contributed by atoms with Crippen molar-refractivity contribution >= 4 is 45.1 Å². The summed E-state index contributed by atoms with van der Waals surface area (Å²) in [6.45, 7) is 1.03. The van der Waals surface area contributed by atoms with E-state index in [1.807, 2.05) is 6.07 Å². The molecule has 1 atom stereocenters. The summed E-state index contributed by atoms with van der Waals surface area (Å²) in [5, 5.41) is 4.31. The number of alkyl halides is 1. The molecule has 0 fully saturated rings. The molecule has 0 saturated carbocycles. The maximum absolute atomic E-state index is 11.1. The topological polar surface area (TPSA) is 38.3 Å². The minimum absolute atomic E-state index is 0.306. The average molecular weight is 341 g/mol. The van der Waals surface area contributed by atoms with Gasteiger partial charge in [-0.05, 0) is 17.7 Å². The molecule has 1 N–H and O–H groups in total. The van der Waals surface area contributed by atoms with Crippen molar-refractivity contribution in [2.24, 2.45) is 0 Å². The molecule has 0 aliphatic rings. The van der Waals surface area contributed by atoms with E-state index in [1.54, 1.807) is 12.1 Å². The molecule has 3 nitrogen and oxygen atoms in total. The quantitative estimate of drug-likeness (QED) is 0.661. The van der Waals surface area contributed by atoms with E-state index in [0.717, 1.165) is 5.56 Å². The number of carbonyl (C=O) groups excluding carboxylic acids is 1. The fourth-order valence-electron chi connectivity index (χ4n) is 1.21. The van der Waals surface area contributed by atoms with Gasteiger partial charge in [-0.1, -0.05) is 45.2 Å². The van der Waals surface area contributed by atoms with Crippen LogP contribution >= 0.6 is 39.1 Å². The summed E-state index contributed by atoms with van der Waals surface area (Å²) in [7, 11) is 1.35. The van der Waals surface area contributed by atoms with Gasteiger partial charge >= 0.3 is 5.97 Å². The standard InChI is InChI=1S/C11H12BrCl2NO2/c1-17-11(16)9(12)6-15-5-7-2-3-8(13)4-10(7)14/h2-4,9,15H,5-6H2,1H3. The van der Waals surface area contributed by atoms with E-state index in [0.29, 0.717) is 23.1 Å². The lowest BCUT2D eigenvalue weighted by Gasteiger charge is -2.10. The summed E-state index contributed by atoms with van der Waals surface area (Å²) in [6, 6.07) is 5.31. The van der Waals surface area contributed by atoms with Crippen LogP contribution in [0.5, 0.6) is 0 Å². The van der Waals surface area contributed by atoms with E-state index in [1.165, 1.54) is 7.11 Å². The van der Waals surface area contributed by atoms with Gasteiger partial charge in [0, 0.05) is 23.1 Å². The van der Waals surface area contributed by atoms with Crippen LogP contribution < -0.4 is 5.32 Å². The Kier molecular flexibility index (Phi) is 6.27. The number of methoxy groups -OCH3 is 1. The van der Waals surface area contributed by atoms with Crippen molar-refractivity contribution in [2.45, 2.75) is 11.4 Å². The van der Waals surface area contributed by atoms with Crippen LogP contribution in [0.1, 0.15) is 5.56 Å². The largest absolute Gasteiger partial charge is 0.468 e. The second-order valence-corrected chi connectivity index (χ2v) is 5.31. The zero-order chi connectivity index (χ0) is 12.8. The summed E-state index contributed by atoms with van der Waals surface area (Å²) in [4.78, 5) is 10.8. The predicted molar refractivity (Wildman–Crippen MR) is 72.9 cm³/mol. The monoisotopic (exact) mass is 339 g/mol. The van der Waals surface area contributed by atoms with Gasteiger partial charge in [0.2, 0.25) is 0 Å². The van der Waals surface area contributed by atoms with Crippen LogP contribution in [0.3, 0.4) is 0 Å². The maximum atomic E-state index is 11.1. The molecule has 0 saturated heterocycles. The molecule has 0 radical (unpaired) electrons. The Morgan fingerprint density at radius 3 is 2.82 bits per heavy atom. The van der Waals surface area contributed by atoms with Crippen LogP contribution in [0.4, 0.5) is 0 Å². The maximum Gasteiger partial charge on any atom is 0.320 e. The van der Waals surface area contributed by atoms with Gasteiger partial charge in [0.25, 0.3) is 0 Å². The van der Waals surface area contributed by atoms with Gasteiger partial charge in [-0.15, -0.1) is 0 Å². The van der Waals surface area contributed by atoms with Gasteiger partial charge in [0.15, 0.2) is 0 Å². The lowest BCUT2D eigenvalue weighted by molar-refractivity contribution is -0.139. The first-order valence-electron chi connectivity index (χ1n) is 4.91. The summed E-state index contributed by atoms with van der Waals surface area (Å²) >= 11 is 15.0. The fraction of sp³-hybridized carbons (Fsp3) is 0.364. The number of ether oxygens (including phenoxy) is 1. The van der Waals surface area contributed by atoms with E-state index in [2.05, 4.69) is 26.0 Å². The van der Waals surface area contributed by atoms with Crippen LogP contribution in [0.25, 0.3) is 0 Å². The Labute approximate surface area is 119 Å². The molecule has 0 aliphatic heterocycles. The van der Waals surface area contributed by atoms with Gasteiger partial charge in [0.1, 0.15) is 4.83 Å². The zero-order valence-corrected chi connectivity index (χ0v) is 12.3. The summed E-state index contributed by atoms with van der Waals surface area (Å²) < 4.78 is 4.58. The van der Waals surface area contributed by atoms with Crippen LogP contribution in [0, 0.1) is 0 Å². The Morgan fingerprint density at radius 1 is 1.53 bits per heavy atom. The number of esters is 1. The number of rotatable bonds is 5. The summed E-state index contributed by atoms with van der Waals surface area (Å²) in [5.41, 5.74) is 0.931. The summed E-state index contributed by atoms with van der Waals surface area (Å²) in [6.07, 6.45) is 0. The van der Waals surface area contributed by atoms with Crippen molar-refractivity contribution in [2.75, 3.05) is 13.7 Å². The molecule has 94 valence electrons. The minimum atomic E-state index is -0.362. The Balaban J connectivity index is 2.43. The lowest BCUT2D eigenvalue weighted by Crippen LogP contribution is -2.29. The number of benzene rings is 1. The highest BCUT2D eigenvalue weighted by atomic mass is 79.9. The second-order valence-electron chi connectivity index (χ2n) is 3.36. The molecule has 0 amide bonds. The molecule has 1 unspecified atom stereocenters. The first kappa shape index (κ1) is 14.8. The number of hydrogen-bond donors (Lipinski definition) is 1. The average Bonchev–Trinajstić information content (AvgIpc) is 2.30. The van der Waals surface area contributed by atoms with Gasteiger partial charge in [0.05, 0.1) is 7.11 Å². The number of halogens is 3. The molecular formula is C11H12BrCl2NO2. The Morgan fingerprint density at radius 2 is 2.24 bits per heavy atom. The van der Waals surface area contributed by atoms with E-state index >= 15 is 0 Å². The van der Waals surface area contributed by atoms with Crippen LogP contribution in [0.2, 0.25) is 10.0 Å². The van der Waals surface area contributed by atoms with Gasteiger partial charge in [-0.2, -0.15) is 0 Å². The van der Waals surface area contributed by atoms with E-state index < -0.39 is 0 Å². The van der Waals surface area contributed by atoms with Gasteiger partial charge in [-0.3, -0.25) is 4.79 Å². The van der Waals surface area contributed by atoms with Crippen LogP contribution in [0.15, 0.2) is 18.2 Å². The molecule has 1 aromatic rings. The Bertz CT molecular complexity index is 401. The molecule has 0 spiro atoms. The van der Waals surface area contributed by atoms with Crippen molar-refractivity contribution in [1.29, 1.82) is 0 Å². The fourth-order valence-corrected chi connectivity index (χ4v) is 2.10. The number of nitrogens with one attached hydrogen (secondary N) is 1. The molecule has 0 aliphatic carbocycles. The van der Waals surface area contributed by atoms with Crippen molar-refractivity contribution in [3.05, 3.63) is 33.8 Å². The normalized spacial score (nSPS) is 12.2. The van der Waals surface area contributed by atoms with Crippen molar-refractivity contribution in [1.82, 2.24) is 5.32 Å². The van der Waals surface area contributed by atoms with Crippen LogP contribution in [-0.2, 0) is 16.1 Å². The van der Waals surface area contributed by atoms with E-state index in [9.17, 15) is 4.79 Å². The molecule has 0 heterocycles. The van der Waals surface area contributed by atoms with E-state index in [4.69, 9.17) is 23.2 Å². The molecule has 0 aromatic heterocycles. The molecule has 17 heavy (non-hydrogen) atoms. The molecule has 6 heteroatoms. The molecule has 1 rings (SSSR count). The van der Waals surface area contributed by atoms with E-state index in [-0.39, 0.29) is 10.8 Å². The predicted octanol–water partition coefficient (Wildman–Crippen LogP) is 3.02. The van der Waals surface area contributed by atoms with Gasteiger partial charge < -0.3 is 10.1 Å². The smallest absolute Gasteiger partial charge is 0.320 e. The highest BCUT2D eigenvalue weighted by molar-refractivity contribution is 9.10. The number of carbonyl (C=O) groups is 1.